The van der Waals surface area contributed by atoms with E-state index in [9.17, 15) is 9.59 Å². The van der Waals surface area contributed by atoms with Gasteiger partial charge in [-0.3, -0.25) is 9.59 Å². The molecule has 0 fully saturated rings. The molecule has 0 saturated heterocycles. The number of benzene rings is 1. The van der Waals surface area contributed by atoms with Crippen molar-refractivity contribution in [1.82, 2.24) is 9.80 Å². The van der Waals surface area contributed by atoms with Crippen molar-refractivity contribution in [3.8, 4) is 0 Å². The Morgan fingerprint density at radius 1 is 1.19 bits per heavy atom. The van der Waals surface area contributed by atoms with Crippen LogP contribution in [0.2, 0.25) is 0 Å². The summed E-state index contributed by atoms with van der Waals surface area (Å²) in [4.78, 5) is 27.4. The molecule has 4 nitrogen and oxygen atoms in total. The minimum Gasteiger partial charge on any atom is -0.344 e. The minimum absolute atomic E-state index is 0.0126. The van der Waals surface area contributed by atoms with E-state index in [1.165, 1.54) is 6.92 Å². The van der Waals surface area contributed by atoms with Crippen LogP contribution in [-0.4, -0.2) is 41.8 Å². The summed E-state index contributed by atoms with van der Waals surface area (Å²) in [5, 5.41) is 0. The molecule has 0 aliphatic carbocycles. The van der Waals surface area contributed by atoms with Crippen LogP contribution in [-0.2, 0) is 9.59 Å². The molecule has 0 radical (unpaired) electrons. The second kappa shape index (κ2) is 8.45. The van der Waals surface area contributed by atoms with Crippen LogP contribution in [0, 0.1) is 0 Å². The molecular weight excluding hydrogens is 264 g/mol. The highest BCUT2D eigenvalue weighted by atomic mass is 16.2. The summed E-state index contributed by atoms with van der Waals surface area (Å²) < 4.78 is 0. The Labute approximate surface area is 127 Å². The first kappa shape index (κ1) is 17.2. The summed E-state index contributed by atoms with van der Waals surface area (Å²) in [6, 6.07) is 9.68. The van der Waals surface area contributed by atoms with Gasteiger partial charge in [0, 0.05) is 20.5 Å². The number of hydrogen-bond acceptors (Lipinski definition) is 2. The second-order valence-corrected chi connectivity index (χ2v) is 5.40. The molecular formula is C17H26N2O2. The van der Waals surface area contributed by atoms with Gasteiger partial charge in [0.25, 0.3) is 0 Å². The highest BCUT2D eigenvalue weighted by Gasteiger charge is 2.22. The van der Waals surface area contributed by atoms with Gasteiger partial charge in [-0.15, -0.1) is 0 Å². The summed E-state index contributed by atoms with van der Waals surface area (Å²) in [5.41, 5.74) is 1.04. The first-order valence-electron chi connectivity index (χ1n) is 7.53. The average Bonchev–Trinajstić information content (AvgIpc) is 2.49. The van der Waals surface area contributed by atoms with Crippen LogP contribution in [0.15, 0.2) is 30.3 Å². The summed E-state index contributed by atoms with van der Waals surface area (Å²) >= 11 is 0. The number of rotatable bonds is 7. The summed E-state index contributed by atoms with van der Waals surface area (Å²) in [7, 11) is 1.80. The number of hydrogen-bond donors (Lipinski definition) is 0. The molecule has 116 valence electrons. The fourth-order valence-corrected chi connectivity index (χ4v) is 2.22. The van der Waals surface area contributed by atoms with Crippen molar-refractivity contribution in [3.63, 3.8) is 0 Å². The van der Waals surface area contributed by atoms with Gasteiger partial charge in [0.2, 0.25) is 11.8 Å². The Morgan fingerprint density at radius 3 is 2.33 bits per heavy atom. The number of carbonyl (C=O) groups is 2. The fraction of sp³-hybridized carbons (Fsp3) is 0.529. The van der Waals surface area contributed by atoms with Crippen LogP contribution in [0.5, 0.6) is 0 Å². The van der Waals surface area contributed by atoms with Gasteiger partial charge >= 0.3 is 0 Å². The third-order valence-electron chi connectivity index (χ3n) is 3.73. The van der Waals surface area contributed by atoms with E-state index in [1.807, 2.05) is 37.3 Å². The van der Waals surface area contributed by atoms with E-state index in [0.717, 1.165) is 24.9 Å². The monoisotopic (exact) mass is 290 g/mol. The summed E-state index contributed by atoms with van der Waals surface area (Å²) in [6.07, 6.45) is 2.03. The standard InChI is InChI=1S/C17H26N2O2/c1-5-6-12-18(4)17(21)13-19(15(3)20)14(2)16-10-8-7-9-11-16/h7-11,14H,5-6,12-13H2,1-4H3. The number of likely N-dealkylation sites (N-methyl/N-ethyl adjacent to an activating group) is 1. The van der Waals surface area contributed by atoms with Gasteiger partial charge in [-0.1, -0.05) is 43.7 Å². The zero-order chi connectivity index (χ0) is 15.8. The van der Waals surface area contributed by atoms with Gasteiger partial charge in [0.1, 0.15) is 6.54 Å². The average molecular weight is 290 g/mol. The molecule has 1 aromatic carbocycles. The molecule has 0 N–H and O–H groups in total. The lowest BCUT2D eigenvalue weighted by Gasteiger charge is -2.30. The molecule has 1 unspecified atom stereocenters. The molecule has 2 amide bonds. The number of amides is 2. The quantitative estimate of drug-likeness (QED) is 0.774. The maximum Gasteiger partial charge on any atom is 0.241 e. The van der Waals surface area contributed by atoms with Gasteiger partial charge < -0.3 is 9.80 Å². The summed E-state index contributed by atoms with van der Waals surface area (Å²) in [6.45, 7) is 6.43. The van der Waals surface area contributed by atoms with Crippen molar-refractivity contribution >= 4 is 11.8 Å². The Morgan fingerprint density at radius 2 is 1.81 bits per heavy atom. The van der Waals surface area contributed by atoms with E-state index >= 15 is 0 Å². The van der Waals surface area contributed by atoms with Gasteiger partial charge in [-0.25, -0.2) is 0 Å². The van der Waals surface area contributed by atoms with E-state index in [-0.39, 0.29) is 24.4 Å². The van der Waals surface area contributed by atoms with Gasteiger partial charge in [-0.05, 0) is 18.9 Å². The first-order chi connectivity index (χ1) is 9.97. The predicted octanol–water partition coefficient (Wildman–Crippen LogP) is 2.85. The Balaban J connectivity index is 2.74. The van der Waals surface area contributed by atoms with Gasteiger partial charge in [0.15, 0.2) is 0 Å². The Bertz CT molecular complexity index is 459. The lowest BCUT2D eigenvalue weighted by Crippen LogP contribution is -2.42. The van der Waals surface area contributed by atoms with Crippen molar-refractivity contribution in [2.24, 2.45) is 0 Å². The molecule has 21 heavy (non-hydrogen) atoms. The SMILES string of the molecule is CCCCN(C)C(=O)CN(C(C)=O)C(C)c1ccccc1. The number of unbranched alkanes of at least 4 members (excludes halogenated alkanes) is 1. The molecule has 0 aromatic heterocycles. The molecule has 1 atom stereocenters. The third-order valence-corrected chi connectivity index (χ3v) is 3.73. The van der Waals surface area contributed by atoms with Crippen molar-refractivity contribution in [3.05, 3.63) is 35.9 Å². The van der Waals surface area contributed by atoms with Crippen molar-refractivity contribution < 1.29 is 9.59 Å². The van der Waals surface area contributed by atoms with E-state index in [4.69, 9.17) is 0 Å². The molecule has 1 rings (SSSR count). The molecule has 0 aliphatic heterocycles. The maximum atomic E-state index is 12.2. The van der Waals surface area contributed by atoms with E-state index in [1.54, 1.807) is 16.8 Å². The number of carbonyl (C=O) groups excluding carboxylic acids is 2. The zero-order valence-electron chi connectivity index (χ0n) is 13.5. The Kier molecular flexibility index (Phi) is 6.92. The van der Waals surface area contributed by atoms with Gasteiger partial charge in [-0.2, -0.15) is 0 Å². The smallest absolute Gasteiger partial charge is 0.241 e. The third kappa shape index (κ3) is 5.21. The first-order valence-corrected chi connectivity index (χ1v) is 7.53. The number of nitrogens with zero attached hydrogens (tertiary/aromatic N) is 2. The Hall–Kier alpha value is -1.84. The van der Waals surface area contributed by atoms with Crippen molar-refractivity contribution in [2.45, 2.75) is 39.7 Å². The highest BCUT2D eigenvalue weighted by molar-refractivity contribution is 5.84. The van der Waals surface area contributed by atoms with E-state index in [2.05, 4.69) is 6.92 Å². The van der Waals surface area contributed by atoms with Crippen LogP contribution in [0.4, 0.5) is 0 Å². The van der Waals surface area contributed by atoms with Crippen LogP contribution >= 0.6 is 0 Å². The van der Waals surface area contributed by atoms with Crippen LogP contribution in [0.25, 0.3) is 0 Å². The predicted molar refractivity (Wildman–Crippen MR) is 84.8 cm³/mol. The topological polar surface area (TPSA) is 40.6 Å². The zero-order valence-corrected chi connectivity index (χ0v) is 13.5. The molecule has 4 heteroatoms. The van der Waals surface area contributed by atoms with E-state index < -0.39 is 0 Å². The molecule has 0 bridgehead atoms. The maximum absolute atomic E-state index is 12.2. The van der Waals surface area contributed by atoms with Crippen LogP contribution in [0.3, 0.4) is 0 Å². The van der Waals surface area contributed by atoms with E-state index in [0.29, 0.717) is 0 Å². The lowest BCUT2D eigenvalue weighted by atomic mass is 10.1. The fourth-order valence-electron chi connectivity index (χ4n) is 2.22. The molecule has 0 saturated carbocycles. The van der Waals surface area contributed by atoms with Crippen molar-refractivity contribution in [1.29, 1.82) is 0 Å². The molecule has 0 aliphatic rings. The normalized spacial score (nSPS) is 11.8. The second-order valence-electron chi connectivity index (χ2n) is 5.40. The lowest BCUT2D eigenvalue weighted by molar-refractivity contribution is -0.140. The molecule has 1 aromatic rings. The largest absolute Gasteiger partial charge is 0.344 e. The highest BCUT2D eigenvalue weighted by Crippen LogP contribution is 2.19. The van der Waals surface area contributed by atoms with Crippen LogP contribution in [0.1, 0.15) is 45.2 Å². The summed E-state index contributed by atoms with van der Waals surface area (Å²) in [5.74, 6) is -0.0926. The van der Waals surface area contributed by atoms with Crippen LogP contribution < -0.4 is 0 Å². The minimum atomic E-state index is -0.104. The van der Waals surface area contributed by atoms with Crippen molar-refractivity contribution in [2.75, 3.05) is 20.1 Å². The molecule has 0 spiro atoms. The van der Waals surface area contributed by atoms with Gasteiger partial charge in [0.05, 0.1) is 6.04 Å². The molecule has 0 heterocycles.